The van der Waals surface area contributed by atoms with Crippen molar-refractivity contribution in [3.8, 4) is 17.6 Å². The van der Waals surface area contributed by atoms with Crippen LogP contribution < -0.4 is 4.74 Å². The van der Waals surface area contributed by atoms with E-state index < -0.39 is 0 Å². The van der Waals surface area contributed by atoms with Crippen molar-refractivity contribution < 1.29 is 14.6 Å². The van der Waals surface area contributed by atoms with E-state index in [1.165, 1.54) is 19.3 Å². The molecule has 0 radical (unpaired) electrons. The molecule has 4 nitrogen and oxygen atoms in total. The smallest absolute Gasteiger partial charge is 0.203 e. The summed E-state index contributed by atoms with van der Waals surface area (Å²) in [5.41, 5.74) is 1.02. The molecular weight excluding hydrogens is 346 g/mol. The first-order valence-corrected chi connectivity index (χ1v) is 7.13. The summed E-state index contributed by atoms with van der Waals surface area (Å²) in [6.45, 7) is 0. The standard InChI is InChI=1S/C17H12BrNO3/c1-22-14-4-2-3-12(9-14)17(21)13(10-19)7-11-5-6-16(20)15(18)8-11/h2-9,20H,1H3/b13-7+. The summed E-state index contributed by atoms with van der Waals surface area (Å²) in [7, 11) is 1.51. The molecule has 0 heterocycles. The van der Waals surface area contributed by atoms with Gasteiger partial charge in [-0.1, -0.05) is 18.2 Å². The first-order chi connectivity index (χ1) is 10.5. The summed E-state index contributed by atoms with van der Waals surface area (Å²) in [5, 5.41) is 18.7. The van der Waals surface area contributed by atoms with Gasteiger partial charge in [0.2, 0.25) is 5.78 Å². The van der Waals surface area contributed by atoms with Crippen LogP contribution in [0.3, 0.4) is 0 Å². The quantitative estimate of drug-likeness (QED) is 0.510. The van der Waals surface area contributed by atoms with Gasteiger partial charge < -0.3 is 9.84 Å². The number of phenols is 1. The Labute approximate surface area is 136 Å². The van der Waals surface area contributed by atoms with Crippen LogP contribution in [0.15, 0.2) is 52.5 Å². The number of ether oxygens (including phenoxy) is 1. The Balaban J connectivity index is 2.38. The lowest BCUT2D eigenvalue weighted by Gasteiger charge is -2.04. The summed E-state index contributed by atoms with van der Waals surface area (Å²) in [5.74, 6) is 0.260. The van der Waals surface area contributed by atoms with E-state index in [2.05, 4.69) is 15.9 Å². The van der Waals surface area contributed by atoms with Gasteiger partial charge in [-0.2, -0.15) is 5.26 Å². The summed E-state index contributed by atoms with van der Waals surface area (Å²) >= 11 is 3.20. The third kappa shape index (κ3) is 3.54. The van der Waals surface area contributed by atoms with Crippen LogP contribution in [0.4, 0.5) is 0 Å². The van der Waals surface area contributed by atoms with Gasteiger partial charge in [-0.05, 0) is 51.8 Å². The Bertz CT molecular complexity index is 791. The fourth-order valence-corrected chi connectivity index (χ4v) is 2.24. The highest BCUT2D eigenvalue weighted by molar-refractivity contribution is 9.10. The molecule has 2 aromatic carbocycles. The molecule has 5 heteroatoms. The zero-order chi connectivity index (χ0) is 16.1. The fourth-order valence-electron chi connectivity index (χ4n) is 1.85. The van der Waals surface area contributed by atoms with Crippen molar-refractivity contribution in [3.05, 3.63) is 63.6 Å². The third-order valence-corrected chi connectivity index (χ3v) is 3.61. The summed E-state index contributed by atoms with van der Waals surface area (Å²) in [6, 6.07) is 13.3. The van der Waals surface area contributed by atoms with E-state index in [4.69, 9.17) is 4.74 Å². The summed E-state index contributed by atoms with van der Waals surface area (Å²) < 4.78 is 5.57. The second-order valence-corrected chi connectivity index (χ2v) is 5.30. The molecule has 110 valence electrons. The van der Waals surface area contributed by atoms with Crippen molar-refractivity contribution in [2.45, 2.75) is 0 Å². The zero-order valence-electron chi connectivity index (χ0n) is 11.7. The number of methoxy groups -OCH3 is 1. The van der Waals surface area contributed by atoms with Crippen LogP contribution in [0.1, 0.15) is 15.9 Å². The Morgan fingerprint density at radius 3 is 2.73 bits per heavy atom. The van der Waals surface area contributed by atoms with Gasteiger partial charge in [-0.15, -0.1) is 0 Å². The number of hydrogen-bond acceptors (Lipinski definition) is 4. The van der Waals surface area contributed by atoms with Crippen molar-refractivity contribution >= 4 is 27.8 Å². The van der Waals surface area contributed by atoms with Crippen LogP contribution in [-0.2, 0) is 0 Å². The number of hydrogen-bond donors (Lipinski definition) is 1. The van der Waals surface area contributed by atoms with Gasteiger partial charge >= 0.3 is 0 Å². The highest BCUT2D eigenvalue weighted by Gasteiger charge is 2.13. The molecule has 0 unspecified atom stereocenters. The maximum atomic E-state index is 12.4. The predicted molar refractivity (Wildman–Crippen MR) is 86.7 cm³/mol. The van der Waals surface area contributed by atoms with E-state index in [0.29, 0.717) is 21.3 Å². The molecule has 0 fully saturated rings. The number of Topliss-reactive ketones (excluding diaryl/α,β-unsaturated/α-hetero) is 1. The molecule has 0 aliphatic carbocycles. The van der Waals surface area contributed by atoms with E-state index in [1.807, 2.05) is 6.07 Å². The lowest BCUT2D eigenvalue weighted by Crippen LogP contribution is -2.02. The lowest BCUT2D eigenvalue weighted by molar-refractivity contribution is 0.103. The fraction of sp³-hybridized carbons (Fsp3) is 0.0588. The molecular formula is C17H12BrNO3. The van der Waals surface area contributed by atoms with Gasteiger partial charge in [0.05, 0.1) is 11.6 Å². The molecule has 2 rings (SSSR count). The zero-order valence-corrected chi connectivity index (χ0v) is 13.3. The summed E-state index contributed by atoms with van der Waals surface area (Å²) in [4.78, 5) is 12.4. The minimum absolute atomic E-state index is 0.00541. The first-order valence-electron chi connectivity index (χ1n) is 6.34. The molecule has 0 aliphatic rings. The maximum absolute atomic E-state index is 12.4. The van der Waals surface area contributed by atoms with E-state index in [1.54, 1.807) is 36.4 Å². The molecule has 0 saturated heterocycles. The topological polar surface area (TPSA) is 70.3 Å². The number of phenolic OH excluding ortho intramolecular Hbond substituents is 1. The predicted octanol–water partition coefficient (Wildman–Crippen LogP) is 3.95. The Hall–Kier alpha value is -2.58. The molecule has 0 spiro atoms. The van der Waals surface area contributed by atoms with Gasteiger partial charge in [0.1, 0.15) is 23.1 Å². The Morgan fingerprint density at radius 1 is 1.32 bits per heavy atom. The summed E-state index contributed by atoms with van der Waals surface area (Å²) in [6.07, 6.45) is 1.48. The van der Waals surface area contributed by atoms with Gasteiger partial charge in [0.15, 0.2) is 0 Å². The van der Waals surface area contributed by atoms with Crippen molar-refractivity contribution in [2.75, 3.05) is 7.11 Å². The molecule has 1 N–H and O–H groups in total. The average molecular weight is 358 g/mol. The number of ketones is 1. The number of carbonyl (C=O) groups excluding carboxylic acids is 1. The third-order valence-electron chi connectivity index (χ3n) is 2.98. The molecule has 0 aromatic heterocycles. The highest BCUT2D eigenvalue weighted by Crippen LogP contribution is 2.26. The van der Waals surface area contributed by atoms with Gasteiger partial charge in [-0.3, -0.25) is 4.79 Å². The van der Waals surface area contributed by atoms with Crippen LogP contribution in [0.2, 0.25) is 0 Å². The van der Waals surface area contributed by atoms with E-state index in [0.717, 1.165) is 0 Å². The van der Waals surface area contributed by atoms with E-state index >= 15 is 0 Å². The average Bonchev–Trinajstić information content (AvgIpc) is 2.55. The number of nitrogens with zero attached hydrogens (tertiary/aromatic N) is 1. The van der Waals surface area contributed by atoms with E-state index in [9.17, 15) is 15.2 Å². The number of aromatic hydroxyl groups is 1. The minimum Gasteiger partial charge on any atom is -0.507 e. The monoisotopic (exact) mass is 357 g/mol. The van der Waals surface area contributed by atoms with Crippen LogP contribution in [0, 0.1) is 11.3 Å². The van der Waals surface area contributed by atoms with Crippen LogP contribution in [0.25, 0.3) is 6.08 Å². The van der Waals surface area contributed by atoms with Crippen molar-refractivity contribution in [1.82, 2.24) is 0 Å². The number of nitriles is 1. The number of allylic oxidation sites excluding steroid dienone is 1. The molecule has 2 aromatic rings. The van der Waals surface area contributed by atoms with Gasteiger partial charge in [0, 0.05) is 5.56 Å². The normalized spacial score (nSPS) is 10.9. The van der Waals surface area contributed by atoms with Crippen molar-refractivity contribution in [2.24, 2.45) is 0 Å². The van der Waals surface area contributed by atoms with Crippen molar-refractivity contribution in [1.29, 1.82) is 5.26 Å². The van der Waals surface area contributed by atoms with Gasteiger partial charge in [-0.25, -0.2) is 0 Å². The van der Waals surface area contributed by atoms with Crippen molar-refractivity contribution in [3.63, 3.8) is 0 Å². The number of carbonyl (C=O) groups is 1. The molecule has 0 amide bonds. The molecule has 0 saturated carbocycles. The van der Waals surface area contributed by atoms with Crippen LogP contribution in [0.5, 0.6) is 11.5 Å². The highest BCUT2D eigenvalue weighted by atomic mass is 79.9. The number of rotatable bonds is 4. The van der Waals surface area contributed by atoms with Crippen LogP contribution in [-0.4, -0.2) is 18.0 Å². The molecule has 0 aliphatic heterocycles. The second kappa shape index (κ2) is 6.92. The van der Waals surface area contributed by atoms with Gasteiger partial charge in [0.25, 0.3) is 0 Å². The lowest BCUT2D eigenvalue weighted by atomic mass is 10.0. The Kier molecular flexibility index (Phi) is 4.97. The minimum atomic E-state index is -0.384. The first kappa shape index (κ1) is 15.8. The molecule has 22 heavy (non-hydrogen) atoms. The SMILES string of the molecule is COc1cccc(C(=O)/C(C#N)=C/c2ccc(O)c(Br)c2)c1. The number of halogens is 1. The molecule has 0 bridgehead atoms. The van der Waals surface area contributed by atoms with E-state index in [-0.39, 0.29) is 17.1 Å². The second-order valence-electron chi connectivity index (χ2n) is 4.44. The maximum Gasteiger partial charge on any atom is 0.203 e. The number of benzene rings is 2. The van der Waals surface area contributed by atoms with Crippen LogP contribution >= 0.6 is 15.9 Å². The largest absolute Gasteiger partial charge is 0.507 e. The molecule has 0 atom stereocenters. The Morgan fingerprint density at radius 2 is 2.09 bits per heavy atom.